The molecule has 1 aliphatic rings. The number of carbonyl (C=O) groups is 1. The number of piperidine rings is 1. The number of sulfonamides is 1. The molecule has 1 saturated heterocycles. The van der Waals surface area contributed by atoms with Gasteiger partial charge in [0, 0.05) is 6.54 Å². The molecule has 0 amide bonds. The van der Waals surface area contributed by atoms with Gasteiger partial charge in [-0.25, -0.2) is 8.42 Å². The summed E-state index contributed by atoms with van der Waals surface area (Å²) >= 11 is 0.967. The van der Waals surface area contributed by atoms with Crippen molar-refractivity contribution in [2.75, 3.05) is 13.7 Å². The van der Waals surface area contributed by atoms with Crippen molar-refractivity contribution < 1.29 is 17.9 Å². The quantitative estimate of drug-likeness (QED) is 0.784. The highest BCUT2D eigenvalue weighted by atomic mass is 32.2. The summed E-state index contributed by atoms with van der Waals surface area (Å²) in [6, 6.07) is 4.08. The van der Waals surface area contributed by atoms with E-state index in [0.717, 1.165) is 24.6 Å². The van der Waals surface area contributed by atoms with Gasteiger partial charge in [0.15, 0.2) is 0 Å². The average Bonchev–Trinajstić information content (AvgIpc) is 3.02. The first-order valence-electron chi connectivity index (χ1n) is 6.86. The lowest BCUT2D eigenvalue weighted by molar-refractivity contribution is -0.146. The van der Waals surface area contributed by atoms with Crippen molar-refractivity contribution in [1.29, 1.82) is 0 Å². The topological polar surface area (TPSA) is 89.5 Å². The van der Waals surface area contributed by atoms with Gasteiger partial charge in [-0.05, 0) is 31.4 Å². The Kier molecular flexibility index (Phi) is 4.11. The van der Waals surface area contributed by atoms with Gasteiger partial charge in [0.2, 0.25) is 10.0 Å². The summed E-state index contributed by atoms with van der Waals surface area (Å²) in [6.07, 6.45) is 1.99. The molecular formula is C13H15N3O4S2. The Hall–Kier alpha value is -1.58. The van der Waals surface area contributed by atoms with Crippen molar-refractivity contribution in [2.24, 2.45) is 0 Å². The zero-order chi connectivity index (χ0) is 15.7. The van der Waals surface area contributed by atoms with Crippen LogP contribution in [0.15, 0.2) is 23.1 Å². The molecule has 9 heteroatoms. The van der Waals surface area contributed by atoms with Crippen molar-refractivity contribution >= 4 is 38.8 Å². The zero-order valence-electron chi connectivity index (χ0n) is 11.9. The van der Waals surface area contributed by atoms with E-state index < -0.39 is 22.0 Å². The molecule has 1 unspecified atom stereocenters. The number of hydrogen-bond donors (Lipinski definition) is 0. The minimum Gasteiger partial charge on any atom is -0.468 e. The fourth-order valence-corrected chi connectivity index (χ4v) is 5.08. The second-order valence-corrected chi connectivity index (χ2v) is 7.43. The summed E-state index contributed by atoms with van der Waals surface area (Å²) in [5.74, 6) is -0.521. The predicted octanol–water partition coefficient (Wildman–Crippen LogP) is 1.41. The van der Waals surface area contributed by atoms with Crippen molar-refractivity contribution in [2.45, 2.75) is 30.2 Å². The highest BCUT2D eigenvalue weighted by Gasteiger charge is 2.39. The molecule has 118 valence electrons. The van der Waals surface area contributed by atoms with Crippen molar-refractivity contribution in [3.8, 4) is 0 Å². The van der Waals surface area contributed by atoms with Gasteiger partial charge in [-0.3, -0.25) is 4.79 Å². The third kappa shape index (κ3) is 2.49. The van der Waals surface area contributed by atoms with E-state index in [-0.39, 0.29) is 4.90 Å². The van der Waals surface area contributed by atoms with Crippen LogP contribution in [0.5, 0.6) is 0 Å². The number of rotatable bonds is 3. The van der Waals surface area contributed by atoms with E-state index in [2.05, 4.69) is 8.75 Å². The van der Waals surface area contributed by atoms with Crippen molar-refractivity contribution in [1.82, 2.24) is 13.1 Å². The summed E-state index contributed by atoms with van der Waals surface area (Å²) in [5, 5.41) is 0. The molecule has 1 aromatic carbocycles. The fourth-order valence-electron chi connectivity index (χ4n) is 2.68. The number of methoxy groups -OCH3 is 1. The van der Waals surface area contributed by atoms with Gasteiger partial charge >= 0.3 is 5.97 Å². The van der Waals surface area contributed by atoms with Crippen LogP contribution in [0, 0.1) is 0 Å². The Morgan fingerprint density at radius 1 is 1.36 bits per heavy atom. The van der Waals surface area contributed by atoms with Gasteiger partial charge in [0.25, 0.3) is 0 Å². The van der Waals surface area contributed by atoms with E-state index in [1.807, 2.05) is 0 Å². The Morgan fingerprint density at radius 2 is 2.18 bits per heavy atom. The molecule has 2 heterocycles. The first kappa shape index (κ1) is 15.3. The highest BCUT2D eigenvalue weighted by molar-refractivity contribution is 7.89. The second kappa shape index (κ2) is 5.90. The van der Waals surface area contributed by atoms with Crippen LogP contribution in [0.4, 0.5) is 0 Å². The molecule has 7 nitrogen and oxygen atoms in total. The van der Waals surface area contributed by atoms with Crippen LogP contribution < -0.4 is 0 Å². The van der Waals surface area contributed by atoms with E-state index in [1.165, 1.54) is 17.5 Å². The Bertz CT molecular complexity index is 802. The maximum atomic E-state index is 13.0. The number of aromatic nitrogens is 2. The predicted molar refractivity (Wildman–Crippen MR) is 81.0 cm³/mol. The highest BCUT2D eigenvalue weighted by Crippen LogP contribution is 2.29. The first-order valence-corrected chi connectivity index (χ1v) is 9.03. The van der Waals surface area contributed by atoms with Crippen LogP contribution in [-0.2, 0) is 19.6 Å². The lowest BCUT2D eigenvalue weighted by Gasteiger charge is -2.32. The van der Waals surface area contributed by atoms with Gasteiger partial charge in [0.05, 0.1) is 18.8 Å². The Balaban J connectivity index is 2.08. The fraction of sp³-hybridized carbons (Fsp3) is 0.462. The van der Waals surface area contributed by atoms with Crippen molar-refractivity contribution in [3.05, 3.63) is 18.2 Å². The lowest BCUT2D eigenvalue weighted by atomic mass is 10.1. The second-order valence-electron chi connectivity index (χ2n) is 5.04. The van der Waals surface area contributed by atoms with Crippen LogP contribution in [0.3, 0.4) is 0 Å². The standard InChI is InChI=1S/C13H15N3O4S2/c1-20-13(17)10-6-2-3-8-16(10)22(18,19)11-7-4-5-9-12(11)15-21-14-9/h4-5,7,10H,2-3,6,8H2,1H3. The van der Waals surface area contributed by atoms with E-state index in [1.54, 1.807) is 12.1 Å². The third-order valence-corrected chi connectivity index (χ3v) is 6.24. The molecule has 22 heavy (non-hydrogen) atoms. The number of nitrogens with zero attached hydrogens (tertiary/aromatic N) is 3. The normalized spacial score (nSPS) is 20.1. The molecule has 0 saturated carbocycles. The van der Waals surface area contributed by atoms with E-state index in [4.69, 9.17) is 4.74 Å². The summed E-state index contributed by atoms with van der Waals surface area (Å²) in [5.41, 5.74) is 0.888. The lowest BCUT2D eigenvalue weighted by Crippen LogP contribution is -2.48. The number of carbonyl (C=O) groups excluding carboxylic acids is 1. The molecule has 0 radical (unpaired) electrons. The molecule has 2 aromatic rings. The van der Waals surface area contributed by atoms with E-state index in [0.29, 0.717) is 24.0 Å². The molecule has 3 rings (SSSR count). The van der Waals surface area contributed by atoms with Crippen LogP contribution in [0.1, 0.15) is 19.3 Å². The maximum absolute atomic E-state index is 13.0. The number of ether oxygens (including phenoxy) is 1. The van der Waals surface area contributed by atoms with Gasteiger partial charge in [0.1, 0.15) is 22.0 Å². The van der Waals surface area contributed by atoms with Crippen LogP contribution in [-0.4, -0.2) is 47.1 Å². The molecule has 1 aromatic heterocycles. The van der Waals surface area contributed by atoms with Gasteiger partial charge < -0.3 is 4.74 Å². The SMILES string of the molecule is COC(=O)C1CCCCN1S(=O)(=O)c1cccc2nsnc12. The van der Waals surface area contributed by atoms with E-state index >= 15 is 0 Å². The summed E-state index contributed by atoms with van der Waals surface area (Å²) in [4.78, 5) is 12.0. The number of esters is 1. The first-order chi connectivity index (χ1) is 10.6. The molecule has 1 fully saturated rings. The van der Waals surface area contributed by atoms with Gasteiger partial charge in [-0.2, -0.15) is 13.1 Å². The summed E-state index contributed by atoms with van der Waals surface area (Å²) in [7, 11) is -2.56. The summed E-state index contributed by atoms with van der Waals surface area (Å²) < 4.78 is 40.1. The molecular weight excluding hydrogens is 326 g/mol. The average molecular weight is 341 g/mol. The minimum absolute atomic E-state index is 0.0922. The molecule has 0 spiro atoms. The third-order valence-electron chi connectivity index (χ3n) is 3.76. The number of benzene rings is 1. The number of fused-ring (bicyclic) bond motifs is 1. The largest absolute Gasteiger partial charge is 0.468 e. The zero-order valence-corrected chi connectivity index (χ0v) is 13.6. The molecule has 0 N–H and O–H groups in total. The monoisotopic (exact) mass is 341 g/mol. The van der Waals surface area contributed by atoms with Gasteiger partial charge in [-0.15, -0.1) is 0 Å². The molecule has 0 aliphatic carbocycles. The Labute approximate surface area is 132 Å². The number of hydrogen-bond acceptors (Lipinski definition) is 7. The van der Waals surface area contributed by atoms with Crippen LogP contribution >= 0.6 is 11.7 Å². The smallest absolute Gasteiger partial charge is 0.324 e. The molecule has 1 atom stereocenters. The van der Waals surface area contributed by atoms with Gasteiger partial charge in [-0.1, -0.05) is 6.07 Å². The summed E-state index contributed by atoms with van der Waals surface area (Å²) in [6.45, 7) is 0.302. The molecule has 0 bridgehead atoms. The maximum Gasteiger partial charge on any atom is 0.324 e. The van der Waals surface area contributed by atoms with E-state index in [9.17, 15) is 13.2 Å². The van der Waals surface area contributed by atoms with Crippen molar-refractivity contribution in [3.63, 3.8) is 0 Å². The minimum atomic E-state index is -3.83. The Morgan fingerprint density at radius 3 is 2.95 bits per heavy atom. The van der Waals surface area contributed by atoms with Crippen LogP contribution in [0.2, 0.25) is 0 Å². The molecule has 1 aliphatic heterocycles. The van der Waals surface area contributed by atoms with Crippen LogP contribution in [0.25, 0.3) is 11.0 Å².